The number of Topliss-reactive ketones (excluding diaryl/α,β-unsaturated/α-hetero) is 1. The van der Waals surface area contributed by atoms with Gasteiger partial charge < -0.3 is 4.18 Å². The first kappa shape index (κ1) is 15.7. The van der Waals surface area contributed by atoms with Crippen LogP contribution in [-0.2, 0) is 21.5 Å². The number of nitrogens with zero attached hydrogens (tertiary/aromatic N) is 1. The molecule has 5 rings (SSSR count). The summed E-state index contributed by atoms with van der Waals surface area (Å²) in [4.78, 5) is 12.4. The average molecular weight is 361 g/mol. The Morgan fingerprint density at radius 2 is 2.00 bits per heavy atom. The minimum atomic E-state index is -3.69. The minimum Gasteiger partial charge on any atom is -0.364 e. The molecule has 0 unspecified atom stereocenters. The molecule has 1 heterocycles. The topological polar surface area (TPSA) is 63.7 Å². The SMILES string of the molecule is CN1c2cc3c(cc2OS1(=O)=O)CC[C@@H]1[C@@H]3CC[C@]2(C)C(=O)CC[C@@H]12. The second-order valence-corrected chi connectivity index (χ2v) is 9.93. The maximum absolute atomic E-state index is 12.4. The number of aryl methyl sites for hydroxylation is 1. The van der Waals surface area contributed by atoms with Gasteiger partial charge in [-0.3, -0.25) is 4.79 Å². The van der Waals surface area contributed by atoms with Gasteiger partial charge >= 0.3 is 10.3 Å². The molecule has 134 valence electrons. The molecule has 1 aliphatic heterocycles. The third-order valence-electron chi connectivity index (χ3n) is 7.38. The molecule has 0 N–H and O–H groups in total. The Hall–Kier alpha value is -1.56. The molecular weight excluding hydrogens is 338 g/mol. The second kappa shape index (κ2) is 4.78. The number of rotatable bonds is 0. The van der Waals surface area contributed by atoms with E-state index in [1.807, 2.05) is 12.1 Å². The third kappa shape index (κ3) is 1.94. The quantitative estimate of drug-likeness (QED) is 0.712. The molecule has 1 aromatic carbocycles. The van der Waals surface area contributed by atoms with Gasteiger partial charge in [0.25, 0.3) is 0 Å². The zero-order chi connectivity index (χ0) is 17.6. The van der Waals surface area contributed by atoms with Crippen LogP contribution in [0.2, 0.25) is 0 Å². The molecule has 1 aromatic rings. The van der Waals surface area contributed by atoms with Gasteiger partial charge in [-0.2, -0.15) is 8.42 Å². The summed E-state index contributed by atoms with van der Waals surface area (Å²) in [6.45, 7) is 2.18. The molecule has 0 saturated heterocycles. The van der Waals surface area contributed by atoms with Crippen LogP contribution >= 0.6 is 0 Å². The van der Waals surface area contributed by atoms with E-state index in [1.165, 1.54) is 15.4 Å². The highest BCUT2D eigenvalue weighted by Gasteiger charge is 2.54. The molecule has 0 aromatic heterocycles. The van der Waals surface area contributed by atoms with E-state index >= 15 is 0 Å². The highest BCUT2D eigenvalue weighted by molar-refractivity contribution is 7.88. The number of fused-ring (bicyclic) bond motifs is 6. The van der Waals surface area contributed by atoms with Gasteiger partial charge in [0, 0.05) is 18.9 Å². The number of hydrogen-bond donors (Lipinski definition) is 0. The lowest BCUT2D eigenvalue weighted by Crippen LogP contribution is -2.42. The van der Waals surface area contributed by atoms with Crippen molar-refractivity contribution in [3.63, 3.8) is 0 Å². The molecule has 0 amide bonds. The predicted octanol–water partition coefficient (Wildman–Crippen LogP) is 3.19. The van der Waals surface area contributed by atoms with Crippen molar-refractivity contribution in [1.82, 2.24) is 0 Å². The molecule has 25 heavy (non-hydrogen) atoms. The Bertz CT molecular complexity index is 893. The van der Waals surface area contributed by atoms with Crippen LogP contribution in [0.4, 0.5) is 5.69 Å². The monoisotopic (exact) mass is 361 g/mol. The summed E-state index contributed by atoms with van der Waals surface area (Å²) in [5, 5.41) is 0. The van der Waals surface area contributed by atoms with Crippen LogP contribution in [0.5, 0.6) is 5.75 Å². The Morgan fingerprint density at radius 1 is 1.20 bits per heavy atom. The predicted molar refractivity (Wildman–Crippen MR) is 94.0 cm³/mol. The summed E-state index contributed by atoms with van der Waals surface area (Å²) in [6.07, 6.45) is 5.76. The van der Waals surface area contributed by atoms with Crippen molar-refractivity contribution in [2.45, 2.75) is 51.4 Å². The maximum atomic E-state index is 12.4. The van der Waals surface area contributed by atoms with Gasteiger partial charge in [-0.05, 0) is 73.1 Å². The summed E-state index contributed by atoms with van der Waals surface area (Å²) in [6, 6.07) is 3.96. The molecule has 2 saturated carbocycles. The summed E-state index contributed by atoms with van der Waals surface area (Å²) in [5.74, 6) is 2.37. The van der Waals surface area contributed by atoms with Crippen molar-refractivity contribution < 1.29 is 17.4 Å². The summed E-state index contributed by atoms with van der Waals surface area (Å²) >= 11 is 0. The zero-order valence-corrected chi connectivity index (χ0v) is 15.4. The molecule has 4 atom stereocenters. The fourth-order valence-corrected chi connectivity index (χ4v) is 6.82. The number of ketones is 1. The van der Waals surface area contributed by atoms with Crippen LogP contribution in [0, 0.1) is 17.3 Å². The van der Waals surface area contributed by atoms with E-state index in [1.54, 1.807) is 7.05 Å². The standard InChI is InChI=1S/C19H23NO4S/c1-19-8-7-12-13(15(19)5-6-18(19)21)4-3-11-9-17-16(10-14(11)12)20(2)25(22,23)24-17/h9-10,12-13,15H,3-8H2,1-2H3/t12-,13+,15-,19-/m0/s1. The Balaban J connectivity index is 1.57. The zero-order valence-electron chi connectivity index (χ0n) is 14.6. The van der Waals surface area contributed by atoms with Crippen molar-refractivity contribution in [3.8, 4) is 5.75 Å². The highest BCUT2D eigenvalue weighted by atomic mass is 32.2. The van der Waals surface area contributed by atoms with E-state index in [9.17, 15) is 13.2 Å². The van der Waals surface area contributed by atoms with Crippen molar-refractivity contribution in [1.29, 1.82) is 0 Å². The van der Waals surface area contributed by atoms with Gasteiger partial charge in [0.05, 0.1) is 5.69 Å². The minimum absolute atomic E-state index is 0.126. The fraction of sp³-hybridized carbons (Fsp3) is 0.632. The van der Waals surface area contributed by atoms with Crippen molar-refractivity contribution in [3.05, 3.63) is 23.3 Å². The van der Waals surface area contributed by atoms with Crippen LogP contribution in [0.1, 0.15) is 56.1 Å². The van der Waals surface area contributed by atoms with Gasteiger partial charge in [0.1, 0.15) is 5.78 Å². The molecule has 0 radical (unpaired) electrons. The van der Waals surface area contributed by atoms with Crippen molar-refractivity contribution in [2.75, 3.05) is 11.4 Å². The Kier molecular flexibility index (Phi) is 3.00. The molecule has 4 aliphatic rings. The van der Waals surface area contributed by atoms with Gasteiger partial charge in [0.2, 0.25) is 0 Å². The second-order valence-electron chi connectivity index (χ2n) is 8.36. The molecule has 0 spiro atoms. The lowest BCUT2D eigenvalue weighted by molar-refractivity contribution is -0.129. The van der Waals surface area contributed by atoms with Crippen LogP contribution in [0.15, 0.2) is 12.1 Å². The number of anilines is 1. The first-order valence-corrected chi connectivity index (χ1v) is 10.6. The van der Waals surface area contributed by atoms with Gasteiger partial charge in [0.15, 0.2) is 5.75 Å². The number of carbonyl (C=O) groups excluding carboxylic acids is 1. The van der Waals surface area contributed by atoms with E-state index in [-0.39, 0.29) is 5.41 Å². The van der Waals surface area contributed by atoms with E-state index in [4.69, 9.17) is 4.18 Å². The Labute approximate surface area is 148 Å². The van der Waals surface area contributed by atoms with E-state index < -0.39 is 10.3 Å². The third-order valence-corrected chi connectivity index (χ3v) is 8.64. The lowest BCUT2D eigenvalue weighted by Gasteiger charge is -2.48. The van der Waals surface area contributed by atoms with Crippen molar-refractivity contribution in [2.24, 2.45) is 17.3 Å². The van der Waals surface area contributed by atoms with Gasteiger partial charge in [-0.1, -0.05) is 6.92 Å². The smallest absolute Gasteiger partial charge is 0.364 e. The maximum Gasteiger partial charge on any atom is 0.409 e. The van der Waals surface area contributed by atoms with Gasteiger partial charge in [-0.15, -0.1) is 0 Å². The Morgan fingerprint density at radius 3 is 2.80 bits per heavy atom. The summed E-state index contributed by atoms with van der Waals surface area (Å²) < 4.78 is 30.4. The van der Waals surface area contributed by atoms with Crippen LogP contribution in [-0.4, -0.2) is 21.2 Å². The summed E-state index contributed by atoms with van der Waals surface area (Å²) in [5.41, 5.74) is 3.02. The van der Waals surface area contributed by atoms with Crippen LogP contribution < -0.4 is 8.49 Å². The average Bonchev–Trinajstić information content (AvgIpc) is 2.99. The van der Waals surface area contributed by atoms with E-state index in [2.05, 4.69) is 6.92 Å². The molecule has 3 aliphatic carbocycles. The van der Waals surface area contributed by atoms with E-state index in [0.717, 1.165) is 38.5 Å². The van der Waals surface area contributed by atoms with E-state index in [0.29, 0.717) is 35.0 Å². The lowest BCUT2D eigenvalue weighted by atomic mass is 9.55. The molecule has 0 bridgehead atoms. The normalized spacial score (nSPS) is 37.8. The van der Waals surface area contributed by atoms with Crippen LogP contribution in [0.3, 0.4) is 0 Å². The molecule has 6 heteroatoms. The van der Waals surface area contributed by atoms with Crippen molar-refractivity contribution >= 4 is 21.8 Å². The number of benzene rings is 1. The number of carbonyl (C=O) groups is 1. The van der Waals surface area contributed by atoms with Gasteiger partial charge in [-0.25, -0.2) is 4.31 Å². The largest absolute Gasteiger partial charge is 0.409 e. The number of hydrogen-bond acceptors (Lipinski definition) is 4. The first-order chi connectivity index (χ1) is 11.8. The first-order valence-electron chi connectivity index (χ1n) is 9.20. The molecule has 5 nitrogen and oxygen atoms in total. The molecule has 2 fully saturated rings. The summed E-state index contributed by atoms with van der Waals surface area (Å²) in [7, 11) is -2.14. The fourth-order valence-electron chi connectivity index (χ4n) is 5.96. The van der Waals surface area contributed by atoms with Crippen LogP contribution in [0.25, 0.3) is 0 Å². The highest BCUT2D eigenvalue weighted by Crippen LogP contribution is 2.60. The molecular formula is C19H23NO4S.